The van der Waals surface area contributed by atoms with Gasteiger partial charge < -0.3 is 5.32 Å². The lowest BCUT2D eigenvalue weighted by Gasteiger charge is -2.20. The molecule has 1 amide bonds. The van der Waals surface area contributed by atoms with Crippen LogP contribution in [0.4, 0.5) is 0 Å². The summed E-state index contributed by atoms with van der Waals surface area (Å²) in [5, 5.41) is 14.0. The molecule has 0 aromatic heterocycles. The normalized spacial score (nSPS) is 11.6. The molecule has 3 aromatic carbocycles. The minimum absolute atomic E-state index is 0.142. The van der Waals surface area contributed by atoms with E-state index in [1.165, 1.54) is 0 Å². The van der Waals surface area contributed by atoms with E-state index in [4.69, 9.17) is 5.26 Å². The first-order chi connectivity index (χ1) is 11.3. The highest BCUT2D eigenvalue weighted by atomic mass is 16.1. The number of carbonyl (C=O) groups is 1. The number of carbonyl (C=O) groups excluding carboxylic acids is 1. The Kier molecular flexibility index (Phi) is 4.35. The van der Waals surface area contributed by atoms with Crippen LogP contribution in [0.2, 0.25) is 0 Å². The predicted octanol–water partition coefficient (Wildman–Crippen LogP) is 3.96. The maximum Gasteiger partial charge on any atom is 0.234 e. The van der Waals surface area contributed by atoms with Crippen LogP contribution in [-0.4, -0.2) is 5.91 Å². The Labute approximate surface area is 135 Å². The largest absolute Gasteiger partial charge is 0.344 e. The molecular formula is C20H16N2O. The third kappa shape index (κ3) is 3.38. The molecule has 0 unspecified atom stereocenters. The first-order valence-electron chi connectivity index (χ1n) is 7.48. The van der Waals surface area contributed by atoms with Crippen LogP contribution in [0.15, 0.2) is 72.8 Å². The van der Waals surface area contributed by atoms with E-state index < -0.39 is 0 Å². The van der Waals surface area contributed by atoms with Crippen molar-refractivity contribution in [3.8, 4) is 6.07 Å². The molecule has 0 saturated carbocycles. The van der Waals surface area contributed by atoms with Crippen molar-refractivity contribution >= 4 is 16.7 Å². The summed E-state index contributed by atoms with van der Waals surface area (Å²) in [5.74, 6) is -0.269. The topological polar surface area (TPSA) is 52.9 Å². The van der Waals surface area contributed by atoms with Gasteiger partial charge >= 0.3 is 0 Å². The lowest BCUT2D eigenvalue weighted by Crippen LogP contribution is -2.28. The van der Waals surface area contributed by atoms with E-state index in [1.54, 1.807) is 0 Å². The van der Waals surface area contributed by atoms with Gasteiger partial charge in [0, 0.05) is 0 Å². The second-order valence-electron chi connectivity index (χ2n) is 5.35. The van der Waals surface area contributed by atoms with Crippen LogP contribution in [-0.2, 0) is 4.79 Å². The Morgan fingerprint density at radius 2 is 1.61 bits per heavy atom. The SMILES string of the molecule is N#CCC(=O)N[C@@H](c1ccccc1)c1ccc2ccccc2c1. The van der Waals surface area contributed by atoms with Crippen molar-refractivity contribution in [1.82, 2.24) is 5.32 Å². The van der Waals surface area contributed by atoms with E-state index in [0.717, 1.165) is 21.9 Å². The van der Waals surface area contributed by atoms with Crippen molar-refractivity contribution in [3.05, 3.63) is 83.9 Å². The summed E-state index contributed by atoms with van der Waals surface area (Å²) in [4.78, 5) is 11.9. The number of nitrogens with one attached hydrogen (secondary N) is 1. The van der Waals surface area contributed by atoms with Crippen LogP contribution < -0.4 is 5.32 Å². The Morgan fingerprint density at radius 3 is 2.35 bits per heavy atom. The highest BCUT2D eigenvalue weighted by Gasteiger charge is 2.16. The number of nitriles is 1. The molecule has 3 nitrogen and oxygen atoms in total. The molecule has 3 heteroatoms. The van der Waals surface area contributed by atoms with Gasteiger partial charge in [-0.1, -0.05) is 66.7 Å². The molecule has 0 aliphatic heterocycles. The maximum atomic E-state index is 11.9. The first kappa shape index (κ1) is 14.8. The van der Waals surface area contributed by atoms with E-state index in [2.05, 4.69) is 29.6 Å². The molecule has 3 aromatic rings. The number of nitrogens with zero attached hydrogens (tertiary/aromatic N) is 1. The van der Waals surface area contributed by atoms with Crippen molar-refractivity contribution in [2.24, 2.45) is 0 Å². The first-order valence-corrected chi connectivity index (χ1v) is 7.48. The van der Waals surface area contributed by atoms with Gasteiger partial charge in [-0.2, -0.15) is 5.26 Å². The Bertz CT molecular complexity index is 865. The molecule has 1 atom stereocenters. The van der Waals surface area contributed by atoms with Gasteiger partial charge in [-0.25, -0.2) is 0 Å². The Balaban J connectivity index is 2.02. The summed E-state index contributed by atoms with van der Waals surface area (Å²) in [5.41, 5.74) is 2.00. The second-order valence-corrected chi connectivity index (χ2v) is 5.35. The van der Waals surface area contributed by atoms with Crippen molar-refractivity contribution in [1.29, 1.82) is 5.26 Å². The van der Waals surface area contributed by atoms with E-state index in [-0.39, 0.29) is 18.4 Å². The standard InChI is InChI=1S/C20H16N2O/c21-13-12-19(23)22-20(16-7-2-1-3-8-16)18-11-10-15-6-4-5-9-17(15)14-18/h1-11,14,20H,12H2,(H,22,23)/t20-/m0/s1. The number of fused-ring (bicyclic) bond motifs is 1. The van der Waals surface area contributed by atoms with Crippen molar-refractivity contribution in [2.45, 2.75) is 12.5 Å². The second kappa shape index (κ2) is 6.76. The van der Waals surface area contributed by atoms with Crippen LogP contribution in [0.1, 0.15) is 23.6 Å². The lowest BCUT2D eigenvalue weighted by atomic mass is 9.96. The molecular weight excluding hydrogens is 284 g/mol. The van der Waals surface area contributed by atoms with Gasteiger partial charge in [0.05, 0.1) is 12.1 Å². The highest BCUT2D eigenvalue weighted by Crippen LogP contribution is 2.25. The highest BCUT2D eigenvalue weighted by molar-refractivity contribution is 5.84. The summed E-state index contributed by atoms with van der Waals surface area (Å²) < 4.78 is 0. The fraction of sp³-hybridized carbons (Fsp3) is 0.100. The zero-order chi connectivity index (χ0) is 16.1. The van der Waals surface area contributed by atoms with Gasteiger partial charge in [0.25, 0.3) is 0 Å². The summed E-state index contributed by atoms with van der Waals surface area (Å²) in [7, 11) is 0. The number of hydrogen-bond acceptors (Lipinski definition) is 2. The van der Waals surface area contributed by atoms with E-state index in [9.17, 15) is 4.79 Å². The Hall–Kier alpha value is -3.12. The third-order valence-electron chi connectivity index (χ3n) is 3.78. The molecule has 0 heterocycles. The zero-order valence-electron chi connectivity index (χ0n) is 12.6. The quantitative estimate of drug-likeness (QED) is 0.793. The number of hydrogen-bond donors (Lipinski definition) is 1. The van der Waals surface area contributed by atoms with Gasteiger partial charge in [-0.3, -0.25) is 4.79 Å². The minimum atomic E-state index is -0.269. The number of amides is 1. The van der Waals surface area contributed by atoms with Gasteiger partial charge in [0.2, 0.25) is 5.91 Å². The van der Waals surface area contributed by atoms with Crippen molar-refractivity contribution < 1.29 is 4.79 Å². The fourth-order valence-corrected chi connectivity index (χ4v) is 2.68. The van der Waals surface area contributed by atoms with Crippen LogP contribution in [0.3, 0.4) is 0 Å². The summed E-state index contributed by atoms with van der Waals surface area (Å²) in [6, 6.07) is 25.7. The molecule has 0 aliphatic carbocycles. The third-order valence-corrected chi connectivity index (χ3v) is 3.78. The van der Waals surface area contributed by atoms with Gasteiger partial charge in [0.1, 0.15) is 6.42 Å². The fourth-order valence-electron chi connectivity index (χ4n) is 2.68. The predicted molar refractivity (Wildman–Crippen MR) is 90.6 cm³/mol. The van der Waals surface area contributed by atoms with Gasteiger partial charge in [0.15, 0.2) is 0 Å². The molecule has 1 N–H and O–H groups in total. The molecule has 0 saturated heterocycles. The van der Waals surface area contributed by atoms with E-state index in [0.29, 0.717) is 0 Å². The molecule has 3 rings (SSSR count). The van der Waals surface area contributed by atoms with Crippen LogP contribution in [0, 0.1) is 11.3 Å². The maximum absolute atomic E-state index is 11.9. The molecule has 0 radical (unpaired) electrons. The monoisotopic (exact) mass is 300 g/mol. The van der Waals surface area contributed by atoms with E-state index >= 15 is 0 Å². The molecule has 23 heavy (non-hydrogen) atoms. The molecule has 0 spiro atoms. The minimum Gasteiger partial charge on any atom is -0.344 e. The Morgan fingerprint density at radius 1 is 0.913 bits per heavy atom. The van der Waals surface area contributed by atoms with E-state index in [1.807, 2.05) is 54.6 Å². The number of rotatable bonds is 4. The molecule has 112 valence electrons. The smallest absolute Gasteiger partial charge is 0.234 e. The van der Waals surface area contributed by atoms with Crippen LogP contribution in [0.25, 0.3) is 10.8 Å². The van der Waals surface area contributed by atoms with Crippen molar-refractivity contribution in [3.63, 3.8) is 0 Å². The average molecular weight is 300 g/mol. The summed E-state index contributed by atoms with van der Waals surface area (Å²) >= 11 is 0. The van der Waals surface area contributed by atoms with Crippen molar-refractivity contribution in [2.75, 3.05) is 0 Å². The molecule has 0 fully saturated rings. The summed E-state index contributed by atoms with van der Waals surface area (Å²) in [6.07, 6.45) is -0.142. The van der Waals surface area contributed by atoms with Gasteiger partial charge in [-0.05, 0) is 28.0 Å². The molecule has 0 bridgehead atoms. The van der Waals surface area contributed by atoms with Crippen LogP contribution in [0.5, 0.6) is 0 Å². The average Bonchev–Trinajstić information content (AvgIpc) is 2.60. The molecule has 0 aliphatic rings. The number of benzene rings is 3. The summed E-state index contributed by atoms with van der Waals surface area (Å²) in [6.45, 7) is 0. The zero-order valence-corrected chi connectivity index (χ0v) is 12.6. The lowest BCUT2D eigenvalue weighted by molar-refractivity contribution is -0.120. The van der Waals surface area contributed by atoms with Gasteiger partial charge in [-0.15, -0.1) is 0 Å². The van der Waals surface area contributed by atoms with Crippen LogP contribution >= 0.6 is 0 Å².